The van der Waals surface area contributed by atoms with Crippen molar-refractivity contribution in [1.29, 1.82) is 0 Å². The van der Waals surface area contributed by atoms with Crippen LogP contribution in [0.25, 0.3) is 6.08 Å². The Morgan fingerprint density at radius 3 is 1.94 bits per heavy atom. The molecule has 1 unspecified atom stereocenters. The summed E-state index contributed by atoms with van der Waals surface area (Å²) >= 11 is 0. The highest BCUT2D eigenvalue weighted by atomic mass is 16.5. The maximum Gasteiger partial charge on any atom is 0.334 e. The number of phenolic OH excluding ortho intramolecular Hbond substituents is 1. The number of carbonyl (C=O) groups excluding carboxylic acids is 1. The van der Waals surface area contributed by atoms with E-state index in [2.05, 4.69) is 0 Å². The second kappa shape index (κ2) is 9.51. The number of phenols is 1. The van der Waals surface area contributed by atoms with E-state index in [4.69, 9.17) is 28.4 Å². The standard InChI is InChI=1S/C23H26O8/c1-26-17-8-14(9-18(27-2)21(17)24)7-16-15(12-31-23(16)25)6-13-10-19(28-3)22(30-5)20(11-13)29-4/h7-11,15,24H,6,12H2,1-5H3. The van der Waals surface area contributed by atoms with E-state index in [-0.39, 0.29) is 35.7 Å². The van der Waals surface area contributed by atoms with Crippen molar-refractivity contribution < 1.29 is 38.3 Å². The summed E-state index contributed by atoms with van der Waals surface area (Å²) < 4.78 is 31.9. The summed E-state index contributed by atoms with van der Waals surface area (Å²) in [5, 5.41) is 10.1. The van der Waals surface area contributed by atoms with Crippen molar-refractivity contribution in [3.63, 3.8) is 0 Å². The average Bonchev–Trinajstić information content (AvgIpc) is 3.12. The monoisotopic (exact) mass is 430 g/mol. The highest BCUT2D eigenvalue weighted by Gasteiger charge is 2.31. The number of hydrogen-bond acceptors (Lipinski definition) is 8. The molecular formula is C23H26O8. The number of methoxy groups -OCH3 is 5. The van der Waals surface area contributed by atoms with Gasteiger partial charge in [0.2, 0.25) is 11.5 Å². The highest BCUT2D eigenvalue weighted by molar-refractivity contribution is 5.96. The van der Waals surface area contributed by atoms with Gasteiger partial charge in [0.1, 0.15) is 0 Å². The van der Waals surface area contributed by atoms with Crippen LogP contribution in [0, 0.1) is 5.92 Å². The van der Waals surface area contributed by atoms with Crippen LogP contribution in [0.3, 0.4) is 0 Å². The fraction of sp³-hybridized carbons (Fsp3) is 0.348. The van der Waals surface area contributed by atoms with Crippen LogP contribution >= 0.6 is 0 Å². The lowest BCUT2D eigenvalue weighted by Gasteiger charge is -2.16. The van der Waals surface area contributed by atoms with Crippen LogP contribution in [0.4, 0.5) is 0 Å². The molecule has 1 N–H and O–H groups in total. The summed E-state index contributed by atoms with van der Waals surface area (Å²) in [5.74, 6) is 1.42. The zero-order chi connectivity index (χ0) is 22.5. The van der Waals surface area contributed by atoms with E-state index in [0.29, 0.717) is 34.8 Å². The number of cyclic esters (lactones) is 1. The molecule has 0 amide bonds. The predicted molar refractivity (Wildman–Crippen MR) is 113 cm³/mol. The van der Waals surface area contributed by atoms with Gasteiger partial charge in [-0.1, -0.05) is 0 Å². The van der Waals surface area contributed by atoms with Crippen LogP contribution in [0.1, 0.15) is 11.1 Å². The minimum absolute atomic E-state index is 0.102. The average molecular weight is 430 g/mol. The maximum absolute atomic E-state index is 12.4. The number of hydrogen-bond donors (Lipinski definition) is 1. The number of rotatable bonds is 8. The van der Waals surface area contributed by atoms with Gasteiger partial charge in [0, 0.05) is 11.5 Å². The zero-order valence-corrected chi connectivity index (χ0v) is 18.2. The number of benzene rings is 2. The number of carbonyl (C=O) groups is 1. The Labute approximate surface area is 180 Å². The van der Waals surface area contributed by atoms with Crippen molar-refractivity contribution >= 4 is 12.0 Å². The molecule has 2 aromatic carbocycles. The molecule has 1 saturated heterocycles. The summed E-state index contributed by atoms with van der Waals surface area (Å²) in [7, 11) is 7.55. The second-order valence-corrected chi connectivity index (χ2v) is 6.91. The van der Waals surface area contributed by atoms with Gasteiger partial charge in [0.15, 0.2) is 23.0 Å². The Hall–Kier alpha value is -3.55. The van der Waals surface area contributed by atoms with Crippen molar-refractivity contribution in [2.75, 3.05) is 42.2 Å². The van der Waals surface area contributed by atoms with Gasteiger partial charge in [-0.25, -0.2) is 4.79 Å². The molecule has 1 aliphatic heterocycles. The Morgan fingerprint density at radius 1 is 0.903 bits per heavy atom. The molecular weight excluding hydrogens is 404 g/mol. The molecule has 0 aliphatic carbocycles. The van der Waals surface area contributed by atoms with Crippen molar-refractivity contribution in [3.8, 4) is 34.5 Å². The third kappa shape index (κ3) is 4.47. The Kier molecular flexibility index (Phi) is 6.79. The Bertz CT molecular complexity index is 945. The molecule has 1 fully saturated rings. The first-order valence-electron chi connectivity index (χ1n) is 9.58. The molecule has 1 atom stereocenters. The van der Waals surface area contributed by atoms with E-state index < -0.39 is 0 Å². The summed E-state index contributed by atoms with van der Waals surface area (Å²) in [6.07, 6.45) is 2.25. The van der Waals surface area contributed by atoms with Gasteiger partial charge in [-0.05, 0) is 47.9 Å². The minimum Gasteiger partial charge on any atom is -0.502 e. The van der Waals surface area contributed by atoms with Crippen molar-refractivity contribution in [3.05, 3.63) is 41.0 Å². The number of aromatic hydroxyl groups is 1. The Balaban J connectivity index is 1.96. The van der Waals surface area contributed by atoms with Gasteiger partial charge in [-0.15, -0.1) is 0 Å². The number of ether oxygens (including phenoxy) is 6. The van der Waals surface area contributed by atoms with Gasteiger partial charge < -0.3 is 33.5 Å². The lowest BCUT2D eigenvalue weighted by Crippen LogP contribution is -2.08. The highest BCUT2D eigenvalue weighted by Crippen LogP contribution is 2.41. The second-order valence-electron chi connectivity index (χ2n) is 6.91. The molecule has 0 bridgehead atoms. The first-order chi connectivity index (χ1) is 14.9. The fourth-order valence-electron chi connectivity index (χ4n) is 3.58. The van der Waals surface area contributed by atoms with Crippen LogP contribution in [0.15, 0.2) is 29.8 Å². The molecule has 3 rings (SSSR count). The fourth-order valence-corrected chi connectivity index (χ4v) is 3.58. The third-order valence-corrected chi connectivity index (χ3v) is 5.12. The summed E-state index contributed by atoms with van der Waals surface area (Å²) in [6, 6.07) is 6.97. The number of esters is 1. The summed E-state index contributed by atoms with van der Waals surface area (Å²) in [4.78, 5) is 12.4. The van der Waals surface area contributed by atoms with Crippen LogP contribution in [-0.2, 0) is 16.0 Å². The molecule has 166 valence electrons. The molecule has 1 heterocycles. The normalized spacial score (nSPS) is 16.7. The van der Waals surface area contributed by atoms with Crippen molar-refractivity contribution in [1.82, 2.24) is 0 Å². The van der Waals surface area contributed by atoms with Crippen LogP contribution in [-0.4, -0.2) is 53.2 Å². The molecule has 0 radical (unpaired) electrons. The first kappa shape index (κ1) is 22.1. The van der Waals surface area contributed by atoms with Gasteiger partial charge in [-0.3, -0.25) is 0 Å². The van der Waals surface area contributed by atoms with Crippen LogP contribution < -0.4 is 23.7 Å². The SMILES string of the molecule is COc1cc(C=C2C(=O)OCC2Cc2cc(OC)c(OC)c(OC)c2)cc(OC)c1O. The summed E-state index contributed by atoms with van der Waals surface area (Å²) in [6.45, 7) is 0.258. The quantitative estimate of drug-likeness (QED) is 0.504. The van der Waals surface area contributed by atoms with Gasteiger partial charge in [0.25, 0.3) is 0 Å². The van der Waals surface area contributed by atoms with Gasteiger partial charge in [0.05, 0.1) is 42.2 Å². The van der Waals surface area contributed by atoms with Gasteiger partial charge >= 0.3 is 5.97 Å². The van der Waals surface area contributed by atoms with E-state index in [1.54, 1.807) is 39.5 Å². The molecule has 8 nitrogen and oxygen atoms in total. The lowest BCUT2D eigenvalue weighted by atomic mass is 9.92. The topological polar surface area (TPSA) is 92.7 Å². The predicted octanol–water partition coefficient (Wildman–Crippen LogP) is 3.23. The van der Waals surface area contributed by atoms with Crippen molar-refractivity contribution in [2.45, 2.75) is 6.42 Å². The van der Waals surface area contributed by atoms with E-state index in [0.717, 1.165) is 5.56 Å². The molecule has 0 spiro atoms. The van der Waals surface area contributed by atoms with Crippen LogP contribution in [0.2, 0.25) is 0 Å². The molecule has 0 aromatic heterocycles. The third-order valence-electron chi connectivity index (χ3n) is 5.12. The van der Waals surface area contributed by atoms with E-state index in [1.807, 2.05) is 12.1 Å². The molecule has 1 aliphatic rings. The molecule has 2 aromatic rings. The molecule has 8 heteroatoms. The van der Waals surface area contributed by atoms with Crippen LogP contribution in [0.5, 0.6) is 34.5 Å². The van der Waals surface area contributed by atoms with E-state index in [1.165, 1.54) is 14.2 Å². The smallest absolute Gasteiger partial charge is 0.334 e. The van der Waals surface area contributed by atoms with Crippen molar-refractivity contribution in [2.24, 2.45) is 5.92 Å². The van der Waals surface area contributed by atoms with Gasteiger partial charge in [-0.2, -0.15) is 0 Å². The maximum atomic E-state index is 12.4. The largest absolute Gasteiger partial charge is 0.502 e. The first-order valence-corrected chi connectivity index (χ1v) is 9.58. The molecule has 31 heavy (non-hydrogen) atoms. The summed E-state index contributed by atoms with van der Waals surface area (Å²) in [5.41, 5.74) is 2.07. The van der Waals surface area contributed by atoms with E-state index >= 15 is 0 Å². The Morgan fingerprint density at radius 2 is 1.45 bits per heavy atom. The van der Waals surface area contributed by atoms with E-state index in [9.17, 15) is 9.90 Å². The minimum atomic E-state index is -0.386. The lowest BCUT2D eigenvalue weighted by molar-refractivity contribution is -0.135. The zero-order valence-electron chi connectivity index (χ0n) is 18.2. The molecule has 0 saturated carbocycles.